The first-order valence-electron chi connectivity index (χ1n) is 7.86. The van der Waals surface area contributed by atoms with Crippen LogP contribution in [0.25, 0.3) is 0 Å². The van der Waals surface area contributed by atoms with Gasteiger partial charge in [0.25, 0.3) is 0 Å². The number of likely N-dealkylation sites (N-methyl/N-ethyl adjacent to an activating group) is 1. The minimum atomic E-state index is 0.0531. The lowest BCUT2D eigenvalue weighted by Gasteiger charge is -2.32. The second-order valence-electron chi connectivity index (χ2n) is 5.83. The fraction of sp³-hybridized carbons (Fsp3) is 0.529. The molecule has 1 aliphatic rings. The quantitative estimate of drug-likeness (QED) is 0.830. The van der Waals surface area contributed by atoms with Crippen molar-refractivity contribution in [3.8, 4) is 0 Å². The van der Waals surface area contributed by atoms with Gasteiger partial charge in [-0.3, -0.25) is 9.59 Å². The molecule has 120 valence electrons. The van der Waals surface area contributed by atoms with Crippen molar-refractivity contribution in [2.75, 3.05) is 45.2 Å². The zero-order chi connectivity index (χ0) is 15.9. The molecular formula is C17H25N3O2. The van der Waals surface area contributed by atoms with Crippen LogP contribution < -0.4 is 4.90 Å². The Kier molecular flexibility index (Phi) is 5.95. The zero-order valence-corrected chi connectivity index (χ0v) is 13.5. The zero-order valence-electron chi connectivity index (χ0n) is 13.5. The summed E-state index contributed by atoms with van der Waals surface area (Å²) < 4.78 is 0. The molecule has 0 aromatic heterocycles. The largest absolute Gasteiger partial charge is 0.340 e. The Morgan fingerprint density at radius 3 is 2.32 bits per heavy atom. The van der Waals surface area contributed by atoms with Crippen molar-refractivity contribution in [3.05, 3.63) is 30.3 Å². The summed E-state index contributed by atoms with van der Waals surface area (Å²) in [5.41, 5.74) is 0.887. The van der Waals surface area contributed by atoms with Crippen LogP contribution in [0.5, 0.6) is 0 Å². The van der Waals surface area contributed by atoms with Crippen LogP contribution in [0.3, 0.4) is 0 Å². The summed E-state index contributed by atoms with van der Waals surface area (Å²) in [7, 11) is 3.85. The summed E-state index contributed by atoms with van der Waals surface area (Å²) in [4.78, 5) is 30.0. The molecule has 1 aliphatic heterocycles. The Hall–Kier alpha value is -1.88. The molecule has 0 unspecified atom stereocenters. The highest BCUT2D eigenvalue weighted by atomic mass is 16.2. The van der Waals surface area contributed by atoms with E-state index in [1.807, 2.05) is 35.2 Å². The molecule has 5 heteroatoms. The highest BCUT2D eigenvalue weighted by Crippen LogP contribution is 2.13. The number of carbonyl (C=O) groups is 2. The topological polar surface area (TPSA) is 43.9 Å². The van der Waals surface area contributed by atoms with Gasteiger partial charge in [-0.2, -0.15) is 0 Å². The van der Waals surface area contributed by atoms with Gasteiger partial charge in [0.05, 0.1) is 0 Å². The number of rotatable bonds is 5. The third-order valence-corrected chi connectivity index (χ3v) is 4.15. The highest BCUT2D eigenvalue weighted by Gasteiger charge is 2.19. The van der Waals surface area contributed by atoms with E-state index in [-0.39, 0.29) is 11.8 Å². The molecule has 1 saturated heterocycles. The Bertz CT molecular complexity index is 496. The number of hydrogen-bond acceptors (Lipinski definition) is 3. The van der Waals surface area contributed by atoms with Crippen LogP contribution in [0, 0.1) is 0 Å². The molecule has 0 aliphatic carbocycles. The fourth-order valence-electron chi connectivity index (χ4n) is 2.57. The molecule has 0 radical (unpaired) electrons. The monoisotopic (exact) mass is 303 g/mol. The van der Waals surface area contributed by atoms with Crippen molar-refractivity contribution in [1.82, 2.24) is 9.80 Å². The van der Waals surface area contributed by atoms with E-state index in [1.54, 1.807) is 11.9 Å². The van der Waals surface area contributed by atoms with Crippen molar-refractivity contribution in [3.63, 3.8) is 0 Å². The van der Waals surface area contributed by atoms with Crippen LogP contribution in [0.4, 0.5) is 5.69 Å². The van der Waals surface area contributed by atoms with Crippen molar-refractivity contribution < 1.29 is 9.59 Å². The highest BCUT2D eigenvalue weighted by molar-refractivity contribution is 5.93. The predicted molar refractivity (Wildman–Crippen MR) is 87.8 cm³/mol. The van der Waals surface area contributed by atoms with Gasteiger partial charge in [0.1, 0.15) is 0 Å². The van der Waals surface area contributed by atoms with Crippen molar-refractivity contribution in [2.45, 2.75) is 19.3 Å². The first kappa shape index (κ1) is 16.5. The molecule has 5 nitrogen and oxygen atoms in total. The summed E-state index contributed by atoms with van der Waals surface area (Å²) in [5.74, 6) is 0.223. The van der Waals surface area contributed by atoms with Crippen LogP contribution in [-0.4, -0.2) is 61.9 Å². The van der Waals surface area contributed by atoms with Crippen molar-refractivity contribution >= 4 is 17.5 Å². The lowest BCUT2D eigenvalue weighted by molar-refractivity contribution is -0.132. The first-order valence-corrected chi connectivity index (χ1v) is 7.86. The number of benzene rings is 1. The maximum absolute atomic E-state index is 12.1. The average Bonchev–Trinajstić information content (AvgIpc) is 2.55. The molecular weight excluding hydrogens is 278 g/mol. The number of hydrogen-bond donors (Lipinski definition) is 0. The summed E-state index contributed by atoms with van der Waals surface area (Å²) in [6.45, 7) is 3.46. The normalized spacial score (nSPS) is 15.6. The van der Waals surface area contributed by atoms with Gasteiger partial charge in [0, 0.05) is 51.8 Å². The van der Waals surface area contributed by atoms with Crippen LogP contribution in [0.15, 0.2) is 30.3 Å². The minimum absolute atomic E-state index is 0.0531. The number of para-hydroxylation sites is 1. The molecule has 1 heterocycles. The SMILES string of the molecule is CN1CCN(C(=O)CCCC(=O)N(C)c2ccccc2)CC1. The third kappa shape index (κ3) is 4.56. The number of anilines is 1. The van der Waals surface area contributed by atoms with Gasteiger partial charge in [-0.1, -0.05) is 18.2 Å². The molecule has 0 bridgehead atoms. The number of amides is 2. The molecule has 1 aromatic rings. The van der Waals surface area contributed by atoms with E-state index in [1.165, 1.54) is 0 Å². The lowest BCUT2D eigenvalue weighted by atomic mass is 10.2. The Labute approximate surface area is 132 Å². The second kappa shape index (κ2) is 7.94. The maximum atomic E-state index is 12.1. The van der Waals surface area contributed by atoms with Gasteiger partial charge < -0.3 is 14.7 Å². The molecule has 2 amide bonds. The van der Waals surface area contributed by atoms with Gasteiger partial charge in [0.15, 0.2) is 0 Å². The average molecular weight is 303 g/mol. The second-order valence-corrected chi connectivity index (χ2v) is 5.83. The summed E-state index contributed by atoms with van der Waals surface area (Å²) in [6, 6.07) is 9.57. The van der Waals surface area contributed by atoms with Crippen LogP contribution >= 0.6 is 0 Å². The summed E-state index contributed by atoms with van der Waals surface area (Å²) in [6.07, 6.45) is 1.48. The fourth-order valence-corrected chi connectivity index (χ4v) is 2.57. The van der Waals surface area contributed by atoms with Gasteiger partial charge in [-0.25, -0.2) is 0 Å². The molecule has 22 heavy (non-hydrogen) atoms. The Morgan fingerprint density at radius 1 is 1.05 bits per heavy atom. The van der Waals surface area contributed by atoms with E-state index in [2.05, 4.69) is 11.9 Å². The van der Waals surface area contributed by atoms with Crippen molar-refractivity contribution in [2.24, 2.45) is 0 Å². The Morgan fingerprint density at radius 2 is 1.68 bits per heavy atom. The molecule has 1 aromatic carbocycles. The summed E-state index contributed by atoms with van der Waals surface area (Å²) >= 11 is 0. The predicted octanol–water partition coefficient (Wildman–Crippen LogP) is 1.59. The van der Waals surface area contributed by atoms with Crippen molar-refractivity contribution in [1.29, 1.82) is 0 Å². The van der Waals surface area contributed by atoms with E-state index in [0.717, 1.165) is 31.9 Å². The van der Waals surface area contributed by atoms with Gasteiger partial charge in [-0.05, 0) is 25.6 Å². The van der Waals surface area contributed by atoms with E-state index in [0.29, 0.717) is 19.3 Å². The molecule has 0 N–H and O–H groups in total. The third-order valence-electron chi connectivity index (χ3n) is 4.15. The van der Waals surface area contributed by atoms with Gasteiger partial charge >= 0.3 is 0 Å². The molecule has 0 saturated carbocycles. The van der Waals surface area contributed by atoms with E-state index in [9.17, 15) is 9.59 Å². The first-order chi connectivity index (χ1) is 10.6. The van der Waals surface area contributed by atoms with Gasteiger partial charge in [-0.15, -0.1) is 0 Å². The summed E-state index contributed by atoms with van der Waals surface area (Å²) in [5, 5.41) is 0. The molecule has 0 spiro atoms. The van der Waals surface area contributed by atoms with E-state index in [4.69, 9.17) is 0 Å². The van der Waals surface area contributed by atoms with E-state index < -0.39 is 0 Å². The van der Waals surface area contributed by atoms with E-state index >= 15 is 0 Å². The minimum Gasteiger partial charge on any atom is -0.340 e. The molecule has 2 rings (SSSR count). The number of piperazine rings is 1. The lowest BCUT2D eigenvalue weighted by Crippen LogP contribution is -2.47. The van der Waals surface area contributed by atoms with Crippen LogP contribution in [0.2, 0.25) is 0 Å². The maximum Gasteiger partial charge on any atom is 0.226 e. The smallest absolute Gasteiger partial charge is 0.226 e. The Balaban J connectivity index is 1.71. The molecule has 0 atom stereocenters. The van der Waals surface area contributed by atoms with Gasteiger partial charge in [0.2, 0.25) is 11.8 Å². The number of carbonyl (C=O) groups excluding carboxylic acids is 2. The standard InChI is InChI=1S/C17H25N3O2/c1-18-11-13-20(14-12-18)17(22)10-6-9-16(21)19(2)15-7-4-3-5-8-15/h3-5,7-8H,6,9-14H2,1-2H3. The number of nitrogens with zero attached hydrogens (tertiary/aromatic N) is 3. The van der Waals surface area contributed by atoms with Crippen LogP contribution in [-0.2, 0) is 9.59 Å². The molecule has 1 fully saturated rings. The van der Waals surface area contributed by atoms with Crippen LogP contribution in [0.1, 0.15) is 19.3 Å².